The zero-order valence-electron chi connectivity index (χ0n) is 15.2. The molecule has 2 aromatic carbocycles. The number of ether oxygens (including phenoxy) is 1. The van der Waals surface area contributed by atoms with Gasteiger partial charge in [-0.25, -0.2) is 0 Å². The first kappa shape index (κ1) is 18.0. The minimum absolute atomic E-state index is 0.450. The highest BCUT2D eigenvalue weighted by Gasteiger charge is 2.23. The first-order valence-corrected chi connectivity index (χ1v) is 9.32. The van der Waals surface area contributed by atoms with Crippen molar-refractivity contribution in [3.8, 4) is 17.0 Å². The molecular weight excluding hydrogens is 383 g/mol. The Morgan fingerprint density at radius 2 is 1.85 bits per heavy atom. The summed E-state index contributed by atoms with van der Waals surface area (Å²) in [5.41, 5.74) is 5.24. The maximum atomic E-state index is 6.40. The molecular formula is C21H18Cl2N2O2. The molecule has 0 aliphatic carbocycles. The number of oxazole rings is 1. The van der Waals surface area contributed by atoms with E-state index in [-0.39, 0.29) is 0 Å². The van der Waals surface area contributed by atoms with Crippen LogP contribution in [-0.2, 0) is 6.61 Å². The second-order valence-corrected chi connectivity index (χ2v) is 7.32. The second-order valence-electron chi connectivity index (χ2n) is 6.48. The van der Waals surface area contributed by atoms with Crippen molar-refractivity contribution in [1.29, 1.82) is 0 Å². The van der Waals surface area contributed by atoms with Gasteiger partial charge in [-0.3, -0.25) is 0 Å². The van der Waals surface area contributed by atoms with Gasteiger partial charge < -0.3 is 9.15 Å². The largest absolute Gasteiger partial charge is 0.482 e. The SMILES string of the molecule is Cc1ccccc1COc1c(C)nn2c(-c3ccc(Cl)cc3Cl)c(C)oc12. The Kier molecular flexibility index (Phi) is 4.62. The van der Waals surface area contributed by atoms with Gasteiger partial charge >= 0.3 is 0 Å². The van der Waals surface area contributed by atoms with Crippen LogP contribution >= 0.6 is 23.2 Å². The Morgan fingerprint density at radius 1 is 1.07 bits per heavy atom. The van der Waals surface area contributed by atoms with Crippen LogP contribution in [0.4, 0.5) is 0 Å². The van der Waals surface area contributed by atoms with E-state index < -0.39 is 0 Å². The van der Waals surface area contributed by atoms with Crippen LogP contribution in [0, 0.1) is 20.8 Å². The summed E-state index contributed by atoms with van der Waals surface area (Å²) in [4.78, 5) is 0. The van der Waals surface area contributed by atoms with Crippen molar-refractivity contribution in [2.45, 2.75) is 27.4 Å². The fourth-order valence-corrected chi connectivity index (χ4v) is 3.65. The Balaban J connectivity index is 1.76. The van der Waals surface area contributed by atoms with Crippen molar-refractivity contribution < 1.29 is 9.15 Å². The Morgan fingerprint density at radius 3 is 2.59 bits per heavy atom. The number of fused-ring (bicyclic) bond motifs is 1. The van der Waals surface area contributed by atoms with Crippen LogP contribution in [0.3, 0.4) is 0 Å². The number of hydrogen-bond donors (Lipinski definition) is 0. The molecule has 4 rings (SSSR count). The summed E-state index contributed by atoms with van der Waals surface area (Å²) in [6.45, 7) is 6.30. The van der Waals surface area contributed by atoms with E-state index in [9.17, 15) is 0 Å². The van der Waals surface area contributed by atoms with Gasteiger partial charge in [-0.1, -0.05) is 47.5 Å². The maximum absolute atomic E-state index is 6.40. The summed E-state index contributed by atoms with van der Waals surface area (Å²) in [5.74, 6) is 1.35. The molecule has 4 nitrogen and oxygen atoms in total. The van der Waals surface area contributed by atoms with Crippen LogP contribution in [-0.4, -0.2) is 9.61 Å². The van der Waals surface area contributed by atoms with Crippen molar-refractivity contribution in [3.63, 3.8) is 0 Å². The predicted octanol–water partition coefficient (Wildman–Crippen LogP) is 6.41. The van der Waals surface area contributed by atoms with Gasteiger partial charge in [-0.2, -0.15) is 9.61 Å². The van der Waals surface area contributed by atoms with E-state index in [0.29, 0.717) is 33.9 Å². The molecule has 0 aliphatic rings. The lowest BCUT2D eigenvalue weighted by Gasteiger charge is -2.07. The molecule has 0 spiro atoms. The van der Waals surface area contributed by atoms with Crippen molar-refractivity contribution in [3.05, 3.63) is 75.1 Å². The number of aromatic nitrogens is 2. The lowest BCUT2D eigenvalue weighted by Crippen LogP contribution is -1.98. The van der Waals surface area contributed by atoms with Crippen molar-refractivity contribution in [2.75, 3.05) is 0 Å². The van der Waals surface area contributed by atoms with Crippen molar-refractivity contribution in [1.82, 2.24) is 9.61 Å². The normalized spacial score (nSPS) is 11.3. The van der Waals surface area contributed by atoms with Gasteiger partial charge in [0, 0.05) is 10.6 Å². The standard InChI is InChI=1S/C21H18Cl2N2O2/c1-12-6-4-5-7-15(12)11-26-20-13(2)24-25-19(14(3)27-21(20)25)17-9-8-16(22)10-18(17)23/h4-10H,11H2,1-3H3. The fraction of sp³-hybridized carbons (Fsp3) is 0.190. The summed E-state index contributed by atoms with van der Waals surface area (Å²) >= 11 is 12.4. The van der Waals surface area contributed by atoms with Crippen LogP contribution < -0.4 is 4.74 Å². The summed E-state index contributed by atoms with van der Waals surface area (Å²) in [6, 6.07) is 13.5. The van der Waals surface area contributed by atoms with Gasteiger partial charge in [0.05, 0.1) is 5.02 Å². The fourth-order valence-electron chi connectivity index (χ4n) is 3.15. The summed E-state index contributed by atoms with van der Waals surface area (Å²) in [6.07, 6.45) is 0. The molecule has 2 heterocycles. The summed E-state index contributed by atoms with van der Waals surface area (Å²) < 4.78 is 13.8. The number of halogens is 2. The molecule has 0 N–H and O–H groups in total. The summed E-state index contributed by atoms with van der Waals surface area (Å²) in [5, 5.41) is 5.74. The quantitative estimate of drug-likeness (QED) is 0.397. The molecule has 0 amide bonds. The van der Waals surface area contributed by atoms with E-state index in [0.717, 1.165) is 22.5 Å². The third kappa shape index (κ3) is 3.20. The van der Waals surface area contributed by atoms with Gasteiger partial charge in [-0.05, 0) is 50.1 Å². The minimum Gasteiger partial charge on any atom is -0.482 e. The van der Waals surface area contributed by atoms with Gasteiger partial charge in [-0.15, -0.1) is 0 Å². The van der Waals surface area contributed by atoms with E-state index in [2.05, 4.69) is 24.2 Å². The van der Waals surface area contributed by atoms with E-state index >= 15 is 0 Å². The van der Waals surface area contributed by atoms with Gasteiger partial charge in [0.2, 0.25) is 5.75 Å². The molecule has 27 heavy (non-hydrogen) atoms. The molecule has 0 aliphatic heterocycles. The number of nitrogens with zero attached hydrogens (tertiary/aromatic N) is 2. The zero-order chi connectivity index (χ0) is 19.1. The lowest BCUT2D eigenvalue weighted by molar-refractivity contribution is 0.301. The average molecular weight is 401 g/mol. The predicted molar refractivity (Wildman–Crippen MR) is 108 cm³/mol. The molecule has 6 heteroatoms. The van der Waals surface area contributed by atoms with E-state index in [1.807, 2.05) is 32.0 Å². The van der Waals surface area contributed by atoms with Crippen LogP contribution in [0.15, 0.2) is 46.9 Å². The highest BCUT2D eigenvalue weighted by molar-refractivity contribution is 6.36. The monoisotopic (exact) mass is 400 g/mol. The van der Waals surface area contributed by atoms with Crippen LogP contribution in [0.25, 0.3) is 17.0 Å². The smallest absolute Gasteiger partial charge is 0.266 e. The highest BCUT2D eigenvalue weighted by atomic mass is 35.5. The Bertz CT molecular complexity index is 1140. The third-order valence-corrected chi connectivity index (χ3v) is 5.13. The zero-order valence-corrected chi connectivity index (χ0v) is 16.7. The Hall–Kier alpha value is -2.43. The molecule has 0 atom stereocenters. The molecule has 0 fully saturated rings. The molecule has 0 radical (unpaired) electrons. The Labute approximate surface area is 167 Å². The number of hydrogen-bond acceptors (Lipinski definition) is 3. The molecule has 0 saturated heterocycles. The maximum Gasteiger partial charge on any atom is 0.266 e. The van der Waals surface area contributed by atoms with Crippen LogP contribution in [0.2, 0.25) is 10.0 Å². The molecule has 0 saturated carbocycles. The topological polar surface area (TPSA) is 39.7 Å². The first-order valence-electron chi connectivity index (χ1n) is 8.57. The molecule has 0 bridgehead atoms. The van der Waals surface area contributed by atoms with E-state index in [4.69, 9.17) is 32.4 Å². The lowest BCUT2D eigenvalue weighted by atomic mass is 10.1. The number of benzene rings is 2. The number of aryl methyl sites for hydroxylation is 3. The average Bonchev–Trinajstić information content (AvgIpc) is 3.08. The van der Waals surface area contributed by atoms with E-state index in [1.54, 1.807) is 16.6 Å². The second kappa shape index (κ2) is 6.95. The molecule has 2 aromatic heterocycles. The first-order chi connectivity index (χ1) is 13.0. The van der Waals surface area contributed by atoms with Crippen molar-refractivity contribution in [2.24, 2.45) is 0 Å². The number of rotatable bonds is 4. The van der Waals surface area contributed by atoms with Crippen LogP contribution in [0.1, 0.15) is 22.6 Å². The van der Waals surface area contributed by atoms with E-state index in [1.165, 1.54) is 5.56 Å². The van der Waals surface area contributed by atoms with Gasteiger partial charge in [0.1, 0.15) is 23.8 Å². The van der Waals surface area contributed by atoms with Crippen molar-refractivity contribution >= 4 is 28.9 Å². The highest BCUT2D eigenvalue weighted by Crippen LogP contribution is 2.37. The minimum atomic E-state index is 0.450. The van der Waals surface area contributed by atoms with Gasteiger partial charge in [0.15, 0.2) is 0 Å². The third-order valence-electron chi connectivity index (χ3n) is 4.58. The summed E-state index contributed by atoms with van der Waals surface area (Å²) in [7, 11) is 0. The molecule has 0 unspecified atom stereocenters. The van der Waals surface area contributed by atoms with Crippen LogP contribution in [0.5, 0.6) is 5.75 Å². The molecule has 138 valence electrons. The molecule has 4 aromatic rings. The van der Waals surface area contributed by atoms with Gasteiger partial charge in [0.25, 0.3) is 5.71 Å².